The number of nitrogens with zero attached hydrogens (tertiary/aromatic N) is 2. The fraction of sp³-hybridized carbons (Fsp3) is 0.429. The number of sulfonamides is 1. The Bertz CT molecular complexity index is 1730. The molecule has 0 spiro atoms. The van der Waals surface area contributed by atoms with Gasteiger partial charge in [-0.1, -0.05) is 55.5 Å². The Hall–Kier alpha value is -3.87. The fourth-order valence-corrected chi connectivity index (χ4v) is 7.66. The van der Waals surface area contributed by atoms with Crippen molar-refractivity contribution in [2.24, 2.45) is 0 Å². The van der Waals surface area contributed by atoms with E-state index in [1.54, 1.807) is 30.3 Å². The van der Waals surface area contributed by atoms with Gasteiger partial charge in [0.2, 0.25) is 11.8 Å². The zero-order valence-electron chi connectivity index (χ0n) is 28.3. The second-order valence-corrected chi connectivity index (χ2v) is 14.3. The summed E-state index contributed by atoms with van der Waals surface area (Å²) in [6, 6.07) is 12.8. The lowest BCUT2D eigenvalue weighted by Crippen LogP contribution is -2.54. The van der Waals surface area contributed by atoms with Crippen molar-refractivity contribution in [2.75, 3.05) is 39.3 Å². The molecule has 1 atom stereocenters. The number of rotatable bonds is 15. The van der Waals surface area contributed by atoms with E-state index in [2.05, 4.69) is 5.32 Å². The second-order valence-electron chi connectivity index (χ2n) is 11.6. The number of ether oxygens (including phenoxy) is 4. The molecule has 1 N–H and O–H groups in total. The Balaban J connectivity index is 1.82. The molecule has 49 heavy (non-hydrogen) atoms. The minimum Gasteiger partial charge on any atom is -0.497 e. The van der Waals surface area contributed by atoms with Crippen LogP contribution in [0.4, 0.5) is 5.69 Å². The molecule has 0 saturated heterocycles. The molecule has 3 aromatic carbocycles. The molecule has 1 aliphatic rings. The predicted octanol–water partition coefficient (Wildman–Crippen LogP) is 6.48. The van der Waals surface area contributed by atoms with Gasteiger partial charge in [-0.05, 0) is 61.2 Å². The van der Waals surface area contributed by atoms with Crippen LogP contribution in [0.1, 0.15) is 51.0 Å². The molecule has 14 heteroatoms. The number of carbonyl (C=O) groups is 2. The SMILES string of the molecule is CC[C@H](C(=O)NC1CCCCC1)N(Cc1ccc(Cl)c(Cl)c1)C(=O)CN(c1cc(OC)ccc1OC)S(=O)(=O)c1ccc(OC)c(OC)c1. The zero-order valence-corrected chi connectivity index (χ0v) is 30.7. The highest BCUT2D eigenvalue weighted by Crippen LogP contribution is 2.38. The number of halogens is 2. The van der Waals surface area contributed by atoms with E-state index in [9.17, 15) is 18.0 Å². The van der Waals surface area contributed by atoms with Gasteiger partial charge in [-0.3, -0.25) is 13.9 Å². The molecule has 0 radical (unpaired) electrons. The molecule has 0 unspecified atom stereocenters. The van der Waals surface area contributed by atoms with Crippen LogP contribution in [-0.2, 0) is 26.2 Å². The summed E-state index contributed by atoms with van der Waals surface area (Å²) >= 11 is 12.5. The van der Waals surface area contributed by atoms with Crippen molar-refractivity contribution in [3.63, 3.8) is 0 Å². The lowest BCUT2D eigenvalue weighted by Gasteiger charge is -2.34. The van der Waals surface area contributed by atoms with Crippen LogP contribution >= 0.6 is 23.2 Å². The summed E-state index contributed by atoms with van der Waals surface area (Å²) in [4.78, 5) is 29.7. The Morgan fingerprint density at radius 1 is 0.837 bits per heavy atom. The number of carbonyl (C=O) groups excluding carboxylic acids is 2. The second kappa shape index (κ2) is 17.2. The largest absolute Gasteiger partial charge is 0.497 e. The van der Waals surface area contributed by atoms with E-state index in [0.717, 1.165) is 36.4 Å². The van der Waals surface area contributed by atoms with Gasteiger partial charge in [0.25, 0.3) is 10.0 Å². The third-order valence-electron chi connectivity index (χ3n) is 8.55. The molecule has 0 heterocycles. The van der Waals surface area contributed by atoms with Gasteiger partial charge in [-0.25, -0.2) is 8.42 Å². The molecule has 3 aromatic rings. The van der Waals surface area contributed by atoms with Gasteiger partial charge in [-0.15, -0.1) is 0 Å². The zero-order chi connectivity index (χ0) is 35.7. The van der Waals surface area contributed by atoms with Gasteiger partial charge in [0.05, 0.1) is 49.1 Å². The summed E-state index contributed by atoms with van der Waals surface area (Å²) in [5.74, 6) is 0.0731. The third kappa shape index (κ3) is 9.03. The van der Waals surface area contributed by atoms with Crippen LogP contribution in [0, 0.1) is 0 Å². The first-order valence-corrected chi connectivity index (χ1v) is 18.2. The van der Waals surface area contributed by atoms with Crippen LogP contribution in [0.3, 0.4) is 0 Å². The molecule has 0 bridgehead atoms. The van der Waals surface area contributed by atoms with Crippen molar-refractivity contribution < 1.29 is 37.0 Å². The highest BCUT2D eigenvalue weighted by Gasteiger charge is 2.36. The van der Waals surface area contributed by atoms with Crippen LogP contribution in [-0.4, -0.2) is 72.2 Å². The first-order chi connectivity index (χ1) is 23.5. The number of anilines is 1. The maximum Gasteiger partial charge on any atom is 0.265 e. The Labute approximate surface area is 298 Å². The van der Waals surface area contributed by atoms with Crippen LogP contribution in [0.5, 0.6) is 23.0 Å². The molecule has 2 amide bonds. The highest BCUT2D eigenvalue weighted by atomic mass is 35.5. The van der Waals surface area contributed by atoms with Crippen LogP contribution in [0.2, 0.25) is 10.0 Å². The maximum absolute atomic E-state index is 14.6. The standard InChI is InChI=1S/C35H43Cl2N3O8S/c1-6-29(35(42)38-24-10-8-7-9-11-24)39(21-23-12-15-27(36)28(37)18-23)34(41)22-40(30-19-25(45-2)13-16-31(30)46-3)49(43,44)26-14-17-32(47-4)33(20-26)48-5/h12-20,24,29H,6-11,21-22H2,1-5H3,(H,38,42)/t29-/m1/s1. The van der Waals surface area contributed by atoms with E-state index in [4.69, 9.17) is 42.1 Å². The van der Waals surface area contributed by atoms with E-state index in [1.807, 2.05) is 6.92 Å². The lowest BCUT2D eigenvalue weighted by molar-refractivity contribution is -0.140. The Kier molecular flexibility index (Phi) is 13.3. The summed E-state index contributed by atoms with van der Waals surface area (Å²) in [5, 5.41) is 3.75. The van der Waals surface area contributed by atoms with Crippen molar-refractivity contribution in [2.45, 2.75) is 69.0 Å². The molecule has 0 aliphatic heterocycles. The minimum atomic E-state index is -4.48. The normalized spacial score (nSPS) is 14.0. The van der Waals surface area contributed by atoms with E-state index in [0.29, 0.717) is 22.1 Å². The van der Waals surface area contributed by atoms with E-state index < -0.39 is 28.5 Å². The third-order valence-corrected chi connectivity index (χ3v) is 11.0. The summed E-state index contributed by atoms with van der Waals surface area (Å²) in [7, 11) is 1.19. The predicted molar refractivity (Wildman–Crippen MR) is 190 cm³/mol. The van der Waals surface area contributed by atoms with Crippen molar-refractivity contribution in [1.82, 2.24) is 10.2 Å². The maximum atomic E-state index is 14.6. The van der Waals surface area contributed by atoms with Gasteiger partial charge in [0.15, 0.2) is 11.5 Å². The number of hydrogen-bond donors (Lipinski definition) is 1. The van der Waals surface area contributed by atoms with Gasteiger partial charge >= 0.3 is 0 Å². The number of nitrogens with one attached hydrogen (secondary N) is 1. The topological polar surface area (TPSA) is 124 Å². The number of benzene rings is 3. The molecule has 1 fully saturated rings. The number of methoxy groups -OCH3 is 4. The van der Waals surface area contributed by atoms with Crippen molar-refractivity contribution >= 4 is 50.7 Å². The van der Waals surface area contributed by atoms with Gasteiger partial charge < -0.3 is 29.2 Å². The molecular weight excluding hydrogens is 693 g/mol. The van der Waals surface area contributed by atoms with Crippen LogP contribution in [0.15, 0.2) is 59.5 Å². The Morgan fingerprint density at radius 2 is 1.51 bits per heavy atom. The highest BCUT2D eigenvalue weighted by molar-refractivity contribution is 7.92. The van der Waals surface area contributed by atoms with E-state index >= 15 is 0 Å². The van der Waals surface area contributed by atoms with Crippen molar-refractivity contribution in [1.29, 1.82) is 0 Å². The number of hydrogen-bond acceptors (Lipinski definition) is 8. The van der Waals surface area contributed by atoms with E-state index in [1.165, 1.54) is 57.6 Å². The van der Waals surface area contributed by atoms with Crippen LogP contribution < -0.4 is 28.6 Å². The molecular formula is C35H43Cl2N3O8S. The summed E-state index contributed by atoms with van der Waals surface area (Å²) in [6.45, 7) is 1.09. The smallest absolute Gasteiger partial charge is 0.265 e. The minimum absolute atomic E-state index is 0.000187. The molecule has 0 aromatic heterocycles. The molecule has 1 saturated carbocycles. The van der Waals surface area contributed by atoms with Crippen LogP contribution in [0.25, 0.3) is 0 Å². The Morgan fingerprint density at radius 3 is 2.12 bits per heavy atom. The molecule has 4 rings (SSSR count). The quantitative estimate of drug-likeness (QED) is 0.188. The van der Waals surface area contributed by atoms with E-state index in [-0.39, 0.29) is 52.0 Å². The lowest BCUT2D eigenvalue weighted by atomic mass is 9.95. The summed E-state index contributed by atoms with van der Waals surface area (Å²) in [5.41, 5.74) is 0.666. The summed E-state index contributed by atoms with van der Waals surface area (Å²) in [6.07, 6.45) is 5.13. The molecule has 266 valence electrons. The van der Waals surface area contributed by atoms with Gasteiger partial charge in [-0.2, -0.15) is 0 Å². The summed E-state index contributed by atoms with van der Waals surface area (Å²) < 4.78 is 51.7. The first-order valence-electron chi connectivity index (χ1n) is 16.0. The first kappa shape index (κ1) is 37.9. The van der Waals surface area contributed by atoms with Gasteiger partial charge in [0.1, 0.15) is 24.1 Å². The van der Waals surface area contributed by atoms with Crippen molar-refractivity contribution in [3.05, 3.63) is 70.2 Å². The molecule has 11 nitrogen and oxygen atoms in total. The number of amides is 2. The van der Waals surface area contributed by atoms with Crippen molar-refractivity contribution in [3.8, 4) is 23.0 Å². The monoisotopic (exact) mass is 735 g/mol. The average molecular weight is 737 g/mol. The van der Waals surface area contributed by atoms with Gasteiger partial charge in [0, 0.05) is 24.7 Å². The fourth-order valence-electron chi connectivity index (χ4n) is 5.91. The average Bonchev–Trinajstić information content (AvgIpc) is 3.11. The molecule has 1 aliphatic carbocycles.